The summed E-state index contributed by atoms with van der Waals surface area (Å²) in [5.41, 5.74) is 8.57. The Kier molecular flexibility index (Phi) is 7.76. The molecule has 1 aliphatic rings. The number of morpholine rings is 1. The van der Waals surface area contributed by atoms with E-state index in [-0.39, 0.29) is 29.4 Å². The maximum atomic E-state index is 15.6. The molecule has 0 saturated carbocycles. The number of pyridine rings is 2. The van der Waals surface area contributed by atoms with Crippen LogP contribution in [-0.4, -0.2) is 66.6 Å². The van der Waals surface area contributed by atoms with Gasteiger partial charge in [-0.05, 0) is 56.2 Å². The molecule has 0 bridgehead atoms. The van der Waals surface area contributed by atoms with E-state index in [1.54, 1.807) is 24.4 Å². The van der Waals surface area contributed by atoms with Gasteiger partial charge in [0.25, 0.3) is 0 Å². The highest BCUT2D eigenvalue weighted by molar-refractivity contribution is 7.92. The van der Waals surface area contributed by atoms with Crippen molar-refractivity contribution in [1.29, 1.82) is 0 Å². The summed E-state index contributed by atoms with van der Waals surface area (Å²) < 4.78 is 60.5. The quantitative estimate of drug-likeness (QED) is 0.321. The van der Waals surface area contributed by atoms with Gasteiger partial charge < -0.3 is 15.4 Å². The second-order valence-electron chi connectivity index (χ2n) is 9.61. The van der Waals surface area contributed by atoms with Crippen LogP contribution in [0.4, 0.5) is 26.1 Å². The van der Waals surface area contributed by atoms with Crippen LogP contribution >= 0.6 is 0 Å². The number of ether oxygens (including phenoxy) is 1. The second kappa shape index (κ2) is 11.3. The highest BCUT2D eigenvalue weighted by Gasteiger charge is 2.25. The summed E-state index contributed by atoms with van der Waals surface area (Å²) in [6.45, 7) is 4.72. The minimum atomic E-state index is -3.92. The topological polar surface area (TPSA) is 136 Å². The summed E-state index contributed by atoms with van der Waals surface area (Å²) in [5.74, 6) is 0.171. The van der Waals surface area contributed by atoms with Gasteiger partial charge in [-0.3, -0.25) is 9.11 Å². The number of aryl methyl sites for hydroxylation is 1. The van der Waals surface area contributed by atoms with Crippen LogP contribution in [0, 0.1) is 12.7 Å². The minimum Gasteiger partial charge on any atom is -0.384 e. The fourth-order valence-electron chi connectivity index (χ4n) is 4.60. The molecule has 5 rings (SSSR count). The number of benzene rings is 1. The lowest BCUT2D eigenvalue weighted by Crippen LogP contribution is -2.44. The molecule has 10 nitrogen and oxygen atoms in total. The van der Waals surface area contributed by atoms with E-state index < -0.39 is 28.3 Å². The monoisotopic (exact) mass is 569 g/mol. The van der Waals surface area contributed by atoms with Crippen LogP contribution in [0.15, 0.2) is 42.6 Å². The number of hydrogen-bond acceptors (Lipinski definition) is 9. The van der Waals surface area contributed by atoms with Gasteiger partial charge in [-0.25, -0.2) is 32.7 Å². The lowest BCUT2D eigenvalue weighted by molar-refractivity contribution is 0.0987. The number of aromatic nitrogens is 4. The third-order valence-electron chi connectivity index (χ3n) is 6.62. The number of alkyl halides is 1. The van der Waals surface area contributed by atoms with E-state index in [1.807, 2.05) is 13.8 Å². The fourth-order valence-corrected chi connectivity index (χ4v) is 5.68. The Hall–Kier alpha value is -3.97. The molecule has 0 spiro atoms. The lowest BCUT2D eigenvalue weighted by Gasteiger charge is -2.34. The molecule has 0 radical (unpaired) electrons. The first-order valence-corrected chi connectivity index (χ1v) is 14.4. The maximum Gasteiger partial charge on any atom is 0.232 e. The van der Waals surface area contributed by atoms with E-state index in [2.05, 4.69) is 14.6 Å². The van der Waals surface area contributed by atoms with Gasteiger partial charge in [0.2, 0.25) is 10.0 Å². The number of nitrogen functional groups attached to an aromatic ring is 1. The number of nitrogens with one attached hydrogen (secondary N) is 1. The zero-order chi connectivity index (χ0) is 28.4. The third-order valence-corrected chi connectivity index (χ3v) is 7.98. The van der Waals surface area contributed by atoms with Gasteiger partial charge in [-0.15, -0.1) is 0 Å². The molecule has 1 saturated heterocycles. The second-order valence-corrected chi connectivity index (χ2v) is 11.4. The van der Waals surface area contributed by atoms with Crippen molar-refractivity contribution < 1.29 is 21.9 Å². The maximum absolute atomic E-state index is 15.6. The van der Waals surface area contributed by atoms with E-state index in [9.17, 15) is 12.8 Å². The molecule has 1 aliphatic heterocycles. The van der Waals surface area contributed by atoms with E-state index in [4.69, 9.17) is 25.4 Å². The highest BCUT2D eigenvalue weighted by atomic mass is 32.2. The molecule has 210 valence electrons. The van der Waals surface area contributed by atoms with E-state index >= 15 is 4.39 Å². The largest absolute Gasteiger partial charge is 0.384 e. The van der Waals surface area contributed by atoms with Gasteiger partial charge in [0.15, 0.2) is 17.5 Å². The minimum absolute atomic E-state index is 0.00501. The molecule has 13 heteroatoms. The molecule has 1 aromatic carbocycles. The summed E-state index contributed by atoms with van der Waals surface area (Å²) in [7, 11) is -3.92. The number of fused-ring (bicyclic) bond motifs is 1. The standard InChI is InChI=1S/C27H29F2N7O3S/c1-16-13-23(30)31-14-19(16)26-33-22-8-7-20(32-25(22)27(34-26)36-10-11-39-15-17(36)2)18-5-3-6-21(24(18)29)35-40(37,38)12-4-9-28/h3,5-8,13-14,17,35H,4,9-12,15H2,1-2H3,(H2,30,31)/t17-/m0/s1. The molecule has 1 fully saturated rings. The Balaban J connectivity index is 1.63. The molecule has 4 aromatic rings. The number of hydrogen-bond donors (Lipinski definition) is 2. The van der Waals surface area contributed by atoms with Crippen molar-refractivity contribution >= 4 is 38.4 Å². The van der Waals surface area contributed by atoms with Gasteiger partial charge in [-0.1, -0.05) is 6.07 Å². The van der Waals surface area contributed by atoms with Crippen LogP contribution < -0.4 is 15.4 Å². The Bertz CT molecular complexity index is 1670. The molecule has 40 heavy (non-hydrogen) atoms. The van der Waals surface area contributed by atoms with Crippen molar-refractivity contribution in [2.45, 2.75) is 26.3 Å². The van der Waals surface area contributed by atoms with Crippen molar-refractivity contribution in [2.75, 3.05) is 47.5 Å². The van der Waals surface area contributed by atoms with E-state index in [1.165, 1.54) is 18.2 Å². The van der Waals surface area contributed by atoms with Crippen LogP contribution in [0.3, 0.4) is 0 Å². The SMILES string of the molecule is Cc1cc(N)ncc1-c1nc(N2CCOC[C@@H]2C)c2nc(-c3cccc(NS(=O)(=O)CCCF)c3F)ccc2n1. The van der Waals surface area contributed by atoms with Crippen LogP contribution in [0.25, 0.3) is 33.7 Å². The lowest BCUT2D eigenvalue weighted by atomic mass is 10.1. The molecule has 4 heterocycles. The smallest absolute Gasteiger partial charge is 0.232 e. The van der Waals surface area contributed by atoms with Gasteiger partial charge in [-0.2, -0.15) is 0 Å². The number of nitrogens with zero attached hydrogens (tertiary/aromatic N) is 5. The summed E-state index contributed by atoms with van der Waals surface area (Å²) in [4.78, 5) is 20.7. The predicted octanol–water partition coefficient (Wildman–Crippen LogP) is 4.11. The molecule has 3 aromatic heterocycles. The first kappa shape index (κ1) is 27.6. The molecular formula is C27H29F2N7O3S. The van der Waals surface area contributed by atoms with Crippen molar-refractivity contribution in [1.82, 2.24) is 19.9 Å². The number of rotatable bonds is 8. The number of halogens is 2. The molecule has 3 N–H and O–H groups in total. The fraction of sp³-hybridized carbons (Fsp3) is 0.333. The predicted molar refractivity (Wildman–Crippen MR) is 151 cm³/mol. The molecule has 1 atom stereocenters. The number of sulfonamides is 1. The zero-order valence-electron chi connectivity index (χ0n) is 22.1. The Morgan fingerprint density at radius 3 is 2.75 bits per heavy atom. The Morgan fingerprint density at radius 2 is 2.00 bits per heavy atom. The molecule has 0 aliphatic carbocycles. The van der Waals surface area contributed by atoms with Crippen molar-refractivity contribution in [2.24, 2.45) is 0 Å². The highest BCUT2D eigenvalue weighted by Crippen LogP contribution is 2.33. The van der Waals surface area contributed by atoms with Crippen LogP contribution in [0.5, 0.6) is 0 Å². The summed E-state index contributed by atoms with van der Waals surface area (Å²) in [5, 5.41) is 0. The Morgan fingerprint density at radius 1 is 1.18 bits per heavy atom. The van der Waals surface area contributed by atoms with Crippen LogP contribution in [0.1, 0.15) is 18.9 Å². The summed E-state index contributed by atoms with van der Waals surface area (Å²) >= 11 is 0. The molecule has 0 amide bonds. The van der Waals surface area contributed by atoms with Crippen molar-refractivity contribution in [3.05, 3.63) is 54.0 Å². The zero-order valence-corrected chi connectivity index (χ0v) is 22.9. The van der Waals surface area contributed by atoms with Gasteiger partial charge >= 0.3 is 0 Å². The van der Waals surface area contributed by atoms with Crippen LogP contribution in [0.2, 0.25) is 0 Å². The van der Waals surface area contributed by atoms with Gasteiger partial charge in [0.05, 0.1) is 48.6 Å². The average Bonchev–Trinajstić information content (AvgIpc) is 2.92. The molecular weight excluding hydrogens is 540 g/mol. The summed E-state index contributed by atoms with van der Waals surface area (Å²) in [6.07, 6.45) is 1.45. The van der Waals surface area contributed by atoms with Gasteiger partial charge in [0.1, 0.15) is 11.3 Å². The average molecular weight is 570 g/mol. The van der Waals surface area contributed by atoms with Gasteiger partial charge in [0, 0.05) is 23.9 Å². The van der Waals surface area contributed by atoms with Crippen molar-refractivity contribution in [3.63, 3.8) is 0 Å². The number of anilines is 3. The summed E-state index contributed by atoms with van der Waals surface area (Å²) in [6, 6.07) is 9.45. The van der Waals surface area contributed by atoms with E-state index in [0.717, 1.165) is 11.1 Å². The first-order valence-electron chi connectivity index (χ1n) is 12.8. The first-order chi connectivity index (χ1) is 19.2. The number of nitrogens with two attached hydrogens (primary N) is 1. The normalized spacial score (nSPS) is 15.9. The van der Waals surface area contributed by atoms with Crippen molar-refractivity contribution in [3.8, 4) is 22.6 Å². The van der Waals surface area contributed by atoms with E-state index in [0.29, 0.717) is 48.3 Å². The molecule has 0 unspecified atom stereocenters. The third kappa shape index (κ3) is 5.65. The van der Waals surface area contributed by atoms with Crippen LogP contribution in [-0.2, 0) is 14.8 Å². The Labute approximate surface area is 230 Å².